The molecule has 24 heavy (non-hydrogen) atoms. The summed E-state index contributed by atoms with van der Waals surface area (Å²) in [5.41, 5.74) is 1.89. The Kier molecular flexibility index (Phi) is 5.23. The van der Waals surface area contributed by atoms with E-state index in [1.54, 1.807) is 36.4 Å². The first-order valence-corrected chi connectivity index (χ1v) is 8.00. The molecule has 1 aliphatic rings. The van der Waals surface area contributed by atoms with Gasteiger partial charge in [0.05, 0.1) is 30.4 Å². The van der Waals surface area contributed by atoms with Crippen LogP contribution >= 0.6 is 11.6 Å². The van der Waals surface area contributed by atoms with Crippen LogP contribution in [0.5, 0.6) is 11.5 Å². The maximum atomic E-state index is 12.1. The average Bonchev–Trinajstić information content (AvgIpc) is 2.85. The third-order valence-electron chi connectivity index (χ3n) is 3.60. The Morgan fingerprint density at radius 1 is 1.12 bits per heavy atom. The van der Waals surface area contributed by atoms with Crippen molar-refractivity contribution >= 4 is 17.6 Å². The largest absolute Gasteiger partial charge is 0.489 e. The summed E-state index contributed by atoms with van der Waals surface area (Å²) >= 11 is 6.22. The topological polar surface area (TPSA) is 65.0 Å². The number of carbonyl (C=O) groups excluding carboxylic acids is 1. The van der Waals surface area contributed by atoms with Crippen LogP contribution in [0.25, 0.3) is 0 Å². The number of hydrogen-bond donors (Lipinski definition) is 1. The number of fused-ring (bicyclic) bond motifs is 1. The smallest absolute Gasteiger partial charge is 0.338 e. The number of ether oxygens (including phenoxy) is 3. The molecule has 1 aliphatic heterocycles. The second-order valence-electron chi connectivity index (χ2n) is 5.39. The predicted octanol–water partition coefficient (Wildman–Crippen LogP) is 3.35. The molecule has 3 rings (SSSR count). The van der Waals surface area contributed by atoms with Crippen LogP contribution in [0.1, 0.15) is 27.9 Å². The summed E-state index contributed by atoms with van der Waals surface area (Å²) < 4.78 is 16.5. The highest BCUT2D eigenvalue weighted by atomic mass is 35.5. The van der Waals surface area contributed by atoms with Gasteiger partial charge in [-0.3, -0.25) is 0 Å². The van der Waals surface area contributed by atoms with E-state index in [0.29, 0.717) is 35.3 Å². The van der Waals surface area contributed by atoms with Crippen molar-refractivity contribution in [2.75, 3.05) is 13.2 Å². The Hall–Kier alpha value is -2.24. The van der Waals surface area contributed by atoms with Crippen molar-refractivity contribution in [3.8, 4) is 11.5 Å². The molecule has 0 aliphatic carbocycles. The molecular weight excluding hydrogens is 332 g/mol. The molecule has 0 atom stereocenters. The second-order valence-corrected chi connectivity index (χ2v) is 5.79. The van der Waals surface area contributed by atoms with E-state index in [2.05, 4.69) is 0 Å². The molecule has 0 aromatic heterocycles. The second kappa shape index (κ2) is 7.55. The summed E-state index contributed by atoms with van der Waals surface area (Å²) in [6.45, 7) is 1.14. The molecule has 1 N–H and O–H groups in total. The van der Waals surface area contributed by atoms with Crippen LogP contribution in [0.4, 0.5) is 0 Å². The van der Waals surface area contributed by atoms with Gasteiger partial charge in [-0.25, -0.2) is 4.79 Å². The van der Waals surface area contributed by atoms with E-state index in [1.165, 1.54) is 0 Å². The lowest BCUT2D eigenvalue weighted by atomic mass is 10.1. The minimum Gasteiger partial charge on any atom is -0.489 e. The Bertz CT molecular complexity index is 727. The zero-order valence-corrected chi connectivity index (χ0v) is 13.7. The molecule has 0 unspecified atom stereocenters. The molecule has 5 nitrogen and oxygen atoms in total. The van der Waals surface area contributed by atoms with E-state index in [9.17, 15) is 4.79 Å². The van der Waals surface area contributed by atoms with Gasteiger partial charge in [-0.1, -0.05) is 23.7 Å². The van der Waals surface area contributed by atoms with E-state index in [0.717, 1.165) is 17.5 Å². The molecule has 0 amide bonds. The van der Waals surface area contributed by atoms with Crippen LogP contribution in [0.3, 0.4) is 0 Å². The number of aliphatic hydroxyl groups excluding tert-OH is 1. The molecule has 6 heteroatoms. The third-order valence-corrected chi connectivity index (χ3v) is 3.88. The number of hydrogen-bond acceptors (Lipinski definition) is 5. The molecule has 2 aromatic rings. The van der Waals surface area contributed by atoms with Crippen molar-refractivity contribution in [3.05, 3.63) is 58.1 Å². The van der Waals surface area contributed by atoms with Gasteiger partial charge in [0.2, 0.25) is 0 Å². The summed E-state index contributed by atoms with van der Waals surface area (Å²) in [6, 6.07) is 10.1. The maximum absolute atomic E-state index is 12.1. The SMILES string of the molecule is O=C(OCc1cc(Cl)c2c(c1)OCCCO2)c1ccc(CO)cc1. The molecule has 1 heterocycles. The van der Waals surface area contributed by atoms with Gasteiger partial charge < -0.3 is 19.3 Å². The van der Waals surface area contributed by atoms with Crippen molar-refractivity contribution in [1.29, 1.82) is 0 Å². The third kappa shape index (κ3) is 3.80. The lowest BCUT2D eigenvalue weighted by molar-refractivity contribution is 0.0472. The van der Waals surface area contributed by atoms with Crippen LogP contribution in [0, 0.1) is 0 Å². The molecule has 126 valence electrons. The molecule has 0 saturated heterocycles. The van der Waals surface area contributed by atoms with Crippen molar-refractivity contribution in [2.24, 2.45) is 0 Å². The highest BCUT2D eigenvalue weighted by Crippen LogP contribution is 2.38. The van der Waals surface area contributed by atoms with Crippen LogP contribution in [-0.4, -0.2) is 24.3 Å². The molecule has 0 spiro atoms. The van der Waals surface area contributed by atoms with Gasteiger partial charge in [0.15, 0.2) is 11.5 Å². The highest BCUT2D eigenvalue weighted by molar-refractivity contribution is 6.32. The number of benzene rings is 2. The van der Waals surface area contributed by atoms with Gasteiger partial charge in [-0.05, 0) is 35.4 Å². The first-order chi connectivity index (χ1) is 11.7. The van der Waals surface area contributed by atoms with E-state index in [-0.39, 0.29) is 13.2 Å². The normalized spacial score (nSPS) is 13.2. The summed E-state index contributed by atoms with van der Waals surface area (Å²) in [4.78, 5) is 12.1. The summed E-state index contributed by atoms with van der Waals surface area (Å²) in [7, 11) is 0. The zero-order chi connectivity index (χ0) is 16.9. The fraction of sp³-hybridized carbons (Fsp3) is 0.278. The summed E-state index contributed by atoms with van der Waals surface area (Å²) in [5, 5.41) is 9.45. The first kappa shape index (κ1) is 16.6. The van der Waals surface area contributed by atoms with E-state index in [1.807, 2.05) is 0 Å². The van der Waals surface area contributed by atoms with Gasteiger partial charge in [-0.15, -0.1) is 0 Å². The van der Waals surface area contributed by atoms with Gasteiger partial charge in [-0.2, -0.15) is 0 Å². The molecular formula is C18H17ClO5. The van der Waals surface area contributed by atoms with E-state index in [4.69, 9.17) is 30.9 Å². The highest BCUT2D eigenvalue weighted by Gasteiger charge is 2.16. The Morgan fingerprint density at radius 3 is 2.62 bits per heavy atom. The lowest BCUT2D eigenvalue weighted by Crippen LogP contribution is -2.06. The number of halogens is 1. The average molecular weight is 349 g/mol. The van der Waals surface area contributed by atoms with Gasteiger partial charge in [0.25, 0.3) is 0 Å². The number of esters is 1. The van der Waals surface area contributed by atoms with Crippen molar-refractivity contribution < 1.29 is 24.1 Å². The molecule has 0 radical (unpaired) electrons. The molecule has 0 bridgehead atoms. The van der Waals surface area contributed by atoms with Gasteiger partial charge in [0, 0.05) is 6.42 Å². The number of rotatable bonds is 4. The Balaban J connectivity index is 1.68. The standard InChI is InChI=1S/C18H17ClO5/c19-15-8-13(9-16-17(15)23-7-1-6-22-16)11-24-18(21)14-4-2-12(10-20)3-5-14/h2-5,8-9,20H,1,6-7,10-11H2. The van der Waals surface area contributed by atoms with Crippen LogP contribution in [0.15, 0.2) is 36.4 Å². The Morgan fingerprint density at radius 2 is 1.88 bits per heavy atom. The minimum absolute atomic E-state index is 0.0645. The molecule has 0 saturated carbocycles. The van der Waals surface area contributed by atoms with Crippen LogP contribution in [0.2, 0.25) is 5.02 Å². The van der Waals surface area contributed by atoms with Crippen LogP contribution < -0.4 is 9.47 Å². The minimum atomic E-state index is -0.442. The summed E-state index contributed by atoms with van der Waals surface area (Å²) in [5.74, 6) is 0.657. The number of aliphatic hydroxyl groups is 1. The van der Waals surface area contributed by atoms with Crippen molar-refractivity contribution in [2.45, 2.75) is 19.6 Å². The van der Waals surface area contributed by atoms with Crippen molar-refractivity contribution in [3.63, 3.8) is 0 Å². The summed E-state index contributed by atoms with van der Waals surface area (Å²) in [6.07, 6.45) is 0.791. The predicted molar refractivity (Wildman–Crippen MR) is 88.5 cm³/mol. The quantitative estimate of drug-likeness (QED) is 0.858. The number of carbonyl (C=O) groups is 1. The molecule has 0 fully saturated rings. The van der Waals surface area contributed by atoms with E-state index >= 15 is 0 Å². The van der Waals surface area contributed by atoms with E-state index < -0.39 is 5.97 Å². The Labute approximate surface area is 144 Å². The monoisotopic (exact) mass is 348 g/mol. The fourth-order valence-electron chi connectivity index (χ4n) is 2.35. The van der Waals surface area contributed by atoms with Crippen molar-refractivity contribution in [1.82, 2.24) is 0 Å². The lowest BCUT2D eigenvalue weighted by Gasteiger charge is -2.12. The van der Waals surface area contributed by atoms with Gasteiger partial charge in [0.1, 0.15) is 6.61 Å². The van der Waals surface area contributed by atoms with Gasteiger partial charge >= 0.3 is 5.97 Å². The maximum Gasteiger partial charge on any atom is 0.338 e. The first-order valence-electron chi connectivity index (χ1n) is 7.62. The zero-order valence-electron chi connectivity index (χ0n) is 13.0. The van der Waals surface area contributed by atoms with Crippen LogP contribution in [-0.2, 0) is 18.0 Å². The molecule has 2 aromatic carbocycles. The fourth-order valence-corrected chi connectivity index (χ4v) is 2.63.